The van der Waals surface area contributed by atoms with Gasteiger partial charge in [0.1, 0.15) is 5.82 Å². The van der Waals surface area contributed by atoms with Crippen molar-refractivity contribution in [2.45, 2.75) is 12.6 Å². The molecule has 5 heteroatoms. The Kier molecular flexibility index (Phi) is 4.09. The van der Waals surface area contributed by atoms with Gasteiger partial charge in [0.15, 0.2) is 6.10 Å². The highest BCUT2D eigenvalue weighted by Crippen LogP contribution is 2.16. The lowest BCUT2D eigenvalue weighted by molar-refractivity contribution is -0.131. The molecule has 1 amide bonds. The molecule has 2 rings (SSSR count). The van der Waals surface area contributed by atoms with Gasteiger partial charge in [0.25, 0.3) is 5.91 Å². The standard InChI is InChI=1S/C13H15N3O2/c1-18-12(10-5-3-2-4-6-10)13(17)16-9-11-14-7-8-15-11/h2-8,12H,9H2,1H3,(H,14,15)(H,16,17). The minimum atomic E-state index is -0.596. The summed E-state index contributed by atoms with van der Waals surface area (Å²) in [6, 6.07) is 9.38. The Labute approximate surface area is 105 Å². The van der Waals surface area contributed by atoms with Gasteiger partial charge in [0.2, 0.25) is 0 Å². The quantitative estimate of drug-likeness (QED) is 0.837. The Balaban J connectivity index is 1.98. The Bertz CT molecular complexity index is 482. The maximum Gasteiger partial charge on any atom is 0.254 e. The van der Waals surface area contributed by atoms with Crippen molar-refractivity contribution < 1.29 is 9.53 Å². The van der Waals surface area contributed by atoms with E-state index in [2.05, 4.69) is 15.3 Å². The number of hydrogen-bond donors (Lipinski definition) is 2. The summed E-state index contributed by atoms with van der Waals surface area (Å²) in [7, 11) is 1.52. The van der Waals surface area contributed by atoms with Crippen molar-refractivity contribution in [1.29, 1.82) is 0 Å². The van der Waals surface area contributed by atoms with Gasteiger partial charge in [0, 0.05) is 19.5 Å². The van der Waals surface area contributed by atoms with Gasteiger partial charge in [-0.25, -0.2) is 4.98 Å². The summed E-state index contributed by atoms with van der Waals surface area (Å²) in [5.74, 6) is 0.534. The monoisotopic (exact) mass is 245 g/mol. The van der Waals surface area contributed by atoms with E-state index in [0.29, 0.717) is 12.4 Å². The van der Waals surface area contributed by atoms with E-state index in [1.54, 1.807) is 12.4 Å². The number of H-pyrrole nitrogens is 1. The average molecular weight is 245 g/mol. The van der Waals surface area contributed by atoms with E-state index in [9.17, 15) is 4.79 Å². The van der Waals surface area contributed by atoms with Gasteiger partial charge < -0.3 is 15.0 Å². The van der Waals surface area contributed by atoms with Gasteiger partial charge in [-0.2, -0.15) is 0 Å². The fourth-order valence-corrected chi connectivity index (χ4v) is 1.68. The van der Waals surface area contributed by atoms with Crippen LogP contribution < -0.4 is 5.32 Å². The lowest BCUT2D eigenvalue weighted by Gasteiger charge is -2.15. The third-order valence-electron chi connectivity index (χ3n) is 2.56. The number of imidazole rings is 1. The molecule has 2 N–H and O–H groups in total. The van der Waals surface area contributed by atoms with E-state index in [0.717, 1.165) is 5.56 Å². The third-order valence-corrected chi connectivity index (χ3v) is 2.56. The molecule has 0 aliphatic rings. The minimum absolute atomic E-state index is 0.180. The predicted octanol–water partition coefficient (Wildman–Crippen LogP) is 1.41. The third kappa shape index (κ3) is 2.95. The molecule has 0 aliphatic heterocycles. The lowest BCUT2D eigenvalue weighted by atomic mass is 10.1. The van der Waals surface area contributed by atoms with Crippen LogP contribution in [0.25, 0.3) is 0 Å². The van der Waals surface area contributed by atoms with Crippen LogP contribution in [0.15, 0.2) is 42.7 Å². The zero-order valence-corrected chi connectivity index (χ0v) is 10.1. The molecular formula is C13H15N3O2. The summed E-state index contributed by atoms with van der Waals surface area (Å²) in [6.45, 7) is 0.360. The minimum Gasteiger partial charge on any atom is -0.367 e. The van der Waals surface area contributed by atoms with Crippen molar-refractivity contribution in [2.24, 2.45) is 0 Å². The van der Waals surface area contributed by atoms with Gasteiger partial charge >= 0.3 is 0 Å². The smallest absolute Gasteiger partial charge is 0.254 e. The zero-order valence-electron chi connectivity index (χ0n) is 10.1. The van der Waals surface area contributed by atoms with Crippen LogP contribution in [0.3, 0.4) is 0 Å². The van der Waals surface area contributed by atoms with Gasteiger partial charge in [-0.15, -0.1) is 0 Å². The van der Waals surface area contributed by atoms with Crippen LogP contribution in [0.5, 0.6) is 0 Å². The summed E-state index contributed by atoms with van der Waals surface area (Å²) >= 11 is 0. The van der Waals surface area contributed by atoms with Crippen molar-refractivity contribution in [3.63, 3.8) is 0 Å². The number of ether oxygens (including phenoxy) is 1. The van der Waals surface area contributed by atoms with E-state index in [-0.39, 0.29) is 5.91 Å². The van der Waals surface area contributed by atoms with Crippen LogP contribution in [-0.4, -0.2) is 23.0 Å². The number of aromatic nitrogens is 2. The first-order valence-electron chi connectivity index (χ1n) is 5.65. The number of nitrogens with zero attached hydrogens (tertiary/aromatic N) is 1. The number of carbonyl (C=O) groups excluding carboxylic acids is 1. The Morgan fingerprint density at radius 2 is 2.22 bits per heavy atom. The van der Waals surface area contributed by atoms with Crippen molar-refractivity contribution >= 4 is 5.91 Å². The van der Waals surface area contributed by atoms with Gasteiger partial charge in [-0.3, -0.25) is 4.79 Å². The molecule has 5 nitrogen and oxygen atoms in total. The molecule has 0 saturated carbocycles. The molecule has 94 valence electrons. The second kappa shape index (κ2) is 5.97. The molecule has 0 spiro atoms. The molecule has 18 heavy (non-hydrogen) atoms. The first kappa shape index (κ1) is 12.3. The number of rotatable bonds is 5. The van der Waals surface area contributed by atoms with Crippen molar-refractivity contribution in [3.8, 4) is 0 Å². The number of benzene rings is 1. The Morgan fingerprint density at radius 1 is 1.44 bits per heavy atom. The van der Waals surface area contributed by atoms with Gasteiger partial charge in [-0.05, 0) is 5.56 Å². The molecule has 0 saturated heterocycles. The van der Waals surface area contributed by atoms with E-state index in [4.69, 9.17) is 4.74 Å². The molecule has 1 heterocycles. The maximum absolute atomic E-state index is 12.0. The number of hydrogen-bond acceptors (Lipinski definition) is 3. The second-order valence-corrected chi connectivity index (χ2v) is 3.78. The fourth-order valence-electron chi connectivity index (χ4n) is 1.68. The maximum atomic E-state index is 12.0. The molecule has 0 bridgehead atoms. The van der Waals surface area contributed by atoms with Crippen molar-refractivity contribution in [3.05, 3.63) is 54.1 Å². The van der Waals surface area contributed by atoms with Crippen LogP contribution in [0.1, 0.15) is 17.5 Å². The highest BCUT2D eigenvalue weighted by Gasteiger charge is 2.19. The number of nitrogens with one attached hydrogen (secondary N) is 2. The molecule has 2 aromatic rings. The molecule has 1 aromatic carbocycles. The second-order valence-electron chi connectivity index (χ2n) is 3.78. The predicted molar refractivity (Wildman–Crippen MR) is 66.6 cm³/mol. The normalized spacial score (nSPS) is 12.1. The molecule has 1 unspecified atom stereocenters. The molecule has 0 fully saturated rings. The van der Waals surface area contributed by atoms with E-state index >= 15 is 0 Å². The molecular weight excluding hydrogens is 230 g/mol. The van der Waals surface area contributed by atoms with Gasteiger partial charge in [0.05, 0.1) is 6.54 Å². The summed E-state index contributed by atoms with van der Waals surface area (Å²) in [5, 5.41) is 2.78. The average Bonchev–Trinajstić information content (AvgIpc) is 2.92. The molecule has 1 atom stereocenters. The number of amides is 1. The van der Waals surface area contributed by atoms with E-state index < -0.39 is 6.10 Å². The number of methoxy groups -OCH3 is 1. The SMILES string of the molecule is COC(C(=O)NCc1ncc[nH]1)c1ccccc1. The van der Waals surface area contributed by atoms with E-state index in [1.165, 1.54) is 7.11 Å². The van der Waals surface area contributed by atoms with Crippen LogP contribution in [0, 0.1) is 0 Å². The first-order valence-corrected chi connectivity index (χ1v) is 5.65. The van der Waals surface area contributed by atoms with Crippen LogP contribution in [-0.2, 0) is 16.1 Å². The zero-order chi connectivity index (χ0) is 12.8. The molecule has 0 radical (unpaired) electrons. The van der Waals surface area contributed by atoms with Crippen LogP contribution >= 0.6 is 0 Å². The van der Waals surface area contributed by atoms with Crippen molar-refractivity contribution in [1.82, 2.24) is 15.3 Å². The fraction of sp³-hybridized carbons (Fsp3) is 0.231. The first-order chi connectivity index (χ1) is 8.81. The van der Waals surface area contributed by atoms with Crippen LogP contribution in [0.2, 0.25) is 0 Å². The highest BCUT2D eigenvalue weighted by molar-refractivity contribution is 5.82. The van der Waals surface area contributed by atoms with Crippen molar-refractivity contribution in [2.75, 3.05) is 7.11 Å². The van der Waals surface area contributed by atoms with Crippen LogP contribution in [0.4, 0.5) is 0 Å². The van der Waals surface area contributed by atoms with E-state index in [1.807, 2.05) is 30.3 Å². The molecule has 0 aliphatic carbocycles. The summed E-state index contributed by atoms with van der Waals surface area (Å²) < 4.78 is 5.23. The number of aromatic amines is 1. The Morgan fingerprint density at radius 3 is 2.83 bits per heavy atom. The topological polar surface area (TPSA) is 67.0 Å². The van der Waals surface area contributed by atoms with Gasteiger partial charge in [-0.1, -0.05) is 30.3 Å². The highest BCUT2D eigenvalue weighted by atomic mass is 16.5. The molecule has 1 aromatic heterocycles. The lowest BCUT2D eigenvalue weighted by Crippen LogP contribution is -2.30. The Hall–Kier alpha value is -2.14. The summed E-state index contributed by atoms with van der Waals surface area (Å²) in [5.41, 5.74) is 0.831. The summed E-state index contributed by atoms with van der Waals surface area (Å²) in [4.78, 5) is 18.9. The summed E-state index contributed by atoms with van der Waals surface area (Å²) in [6.07, 6.45) is 2.76. The largest absolute Gasteiger partial charge is 0.367 e. The number of carbonyl (C=O) groups is 1.